The monoisotopic (exact) mass is 411 g/mol. The number of aliphatic hydroxyl groups is 1. The molecule has 1 heterocycles. The summed E-state index contributed by atoms with van der Waals surface area (Å²) in [5, 5.41) is 8.75. The maximum absolute atomic E-state index is 14.2. The largest absolute Gasteiger partial charge is 0.394 e. The van der Waals surface area contributed by atoms with E-state index in [9.17, 15) is 14.0 Å². The summed E-state index contributed by atoms with van der Waals surface area (Å²) in [6, 6.07) is 6.17. The van der Waals surface area contributed by atoms with Gasteiger partial charge >= 0.3 is 0 Å². The molecular formula is C18H19BrFNO4. The van der Waals surface area contributed by atoms with Gasteiger partial charge in [0, 0.05) is 34.8 Å². The fraction of sp³-hybridized carbons (Fsp3) is 0.333. The molecular weight excluding hydrogens is 393 g/mol. The SMILES string of the molecule is Cc1cc(C(=O)COCCO)c(Cc2ccc(Br)cc2F)n(C)c1=O. The zero-order valence-corrected chi connectivity index (χ0v) is 15.6. The van der Waals surface area contributed by atoms with E-state index in [1.165, 1.54) is 16.7 Å². The van der Waals surface area contributed by atoms with E-state index in [0.29, 0.717) is 26.9 Å². The number of benzene rings is 1. The molecule has 7 heteroatoms. The number of nitrogens with zero attached hydrogens (tertiary/aromatic N) is 1. The van der Waals surface area contributed by atoms with E-state index in [1.807, 2.05) is 0 Å². The van der Waals surface area contributed by atoms with Gasteiger partial charge in [0.1, 0.15) is 12.4 Å². The highest BCUT2D eigenvalue weighted by molar-refractivity contribution is 9.10. The van der Waals surface area contributed by atoms with Crippen molar-refractivity contribution in [2.24, 2.45) is 7.05 Å². The van der Waals surface area contributed by atoms with Crippen molar-refractivity contribution < 1.29 is 19.0 Å². The third kappa shape index (κ3) is 4.62. The Kier molecular flexibility index (Phi) is 6.64. The van der Waals surface area contributed by atoms with Crippen LogP contribution in [0.15, 0.2) is 33.5 Å². The molecule has 2 rings (SSSR count). The highest BCUT2D eigenvalue weighted by atomic mass is 79.9. The molecule has 0 aliphatic rings. The van der Waals surface area contributed by atoms with Crippen LogP contribution in [0.1, 0.15) is 27.2 Å². The zero-order valence-electron chi connectivity index (χ0n) is 14.0. The van der Waals surface area contributed by atoms with Gasteiger partial charge < -0.3 is 14.4 Å². The van der Waals surface area contributed by atoms with Crippen LogP contribution in [-0.2, 0) is 18.2 Å². The first-order chi connectivity index (χ1) is 11.8. The van der Waals surface area contributed by atoms with Gasteiger partial charge in [0.2, 0.25) is 0 Å². The number of ether oxygens (including phenoxy) is 1. The van der Waals surface area contributed by atoms with Crippen molar-refractivity contribution in [2.45, 2.75) is 13.3 Å². The molecule has 1 N–H and O–H groups in total. The molecule has 0 radical (unpaired) electrons. The van der Waals surface area contributed by atoms with Gasteiger partial charge in [0.05, 0.1) is 13.2 Å². The molecule has 25 heavy (non-hydrogen) atoms. The van der Waals surface area contributed by atoms with Gasteiger partial charge in [0.25, 0.3) is 5.56 Å². The van der Waals surface area contributed by atoms with Crippen molar-refractivity contribution in [1.82, 2.24) is 4.57 Å². The predicted molar refractivity (Wildman–Crippen MR) is 95.6 cm³/mol. The quantitative estimate of drug-likeness (QED) is 0.560. The second kappa shape index (κ2) is 8.51. The number of carbonyl (C=O) groups excluding carboxylic acids is 1. The lowest BCUT2D eigenvalue weighted by Crippen LogP contribution is -2.27. The van der Waals surface area contributed by atoms with E-state index < -0.39 is 5.82 Å². The number of hydrogen-bond donors (Lipinski definition) is 1. The Morgan fingerprint density at radius 1 is 1.36 bits per heavy atom. The smallest absolute Gasteiger partial charge is 0.253 e. The summed E-state index contributed by atoms with van der Waals surface area (Å²) < 4.78 is 21.2. The molecule has 134 valence electrons. The molecule has 0 aliphatic carbocycles. The van der Waals surface area contributed by atoms with Crippen molar-refractivity contribution in [3.05, 3.63) is 67.3 Å². The van der Waals surface area contributed by atoms with Gasteiger partial charge in [-0.3, -0.25) is 9.59 Å². The van der Waals surface area contributed by atoms with Crippen LogP contribution in [0.2, 0.25) is 0 Å². The van der Waals surface area contributed by atoms with E-state index in [0.717, 1.165) is 0 Å². The lowest BCUT2D eigenvalue weighted by atomic mass is 10.00. The fourth-order valence-electron chi connectivity index (χ4n) is 2.54. The van der Waals surface area contributed by atoms with Crippen molar-refractivity contribution >= 4 is 21.7 Å². The van der Waals surface area contributed by atoms with Gasteiger partial charge in [-0.1, -0.05) is 22.0 Å². The molecule has 0 spiro atoms. The minimum Gasteiger partial charge on any atom is -0.394 e. The van der Waals surface area contributed by atoms with Gasteiger partial charge in [0.15, 0.2) is 5.78 Å². The third-order valence-electron chi connectivity index (χ3n) is 3.86. The minimum atomic E-state index is -0.419. The molecule has 2 aromatic rings. The number of aliphatic hydroxyl groups excluding tert-OH is 1. The Morgan fingerprint density at radius 2 is 2.08 bits per heavy atom. The molecule has 1 aromatic heterocycles. The highest BCUT2D eigenvalue weighted by Gasteiger charge is 2.18. The van der Waals surface area contributed by atoms with Crippen LogP contribution in [0.25, 0.3) is 0 Å². The molecule has 0 saturated heterocycles. The van der Waals surface area contributed by atoms with Crippen LogP contribution in [0.3, 0.4) is 0 Å². The average Bonchev–Trinajstić information content (AvgIpc) is 2.57. The van der Waals surface area contributed by atoms with Crippen LogP contribution in [-0.4, -0.2) is 35.3 Å². The Hall–Kier alpha value is -1.83. The standard InChI is InChI=1S/C18H19BrFNO4/c1-11-7-14(17(23)10-25-6-5-22)16(21(2)18(11)24)8-12-3-4-13(19)9-15(12)20/h3-4,7,9,22H,5-6,8,10H2,1-2H3. The topological polar surface area (TPSA) is 68.5 Å². The average molecular weight is 412 g/mol. The van der Waals surface area contributed by atoms with Gasteiger partial charge in [-0.05, 0) is 30.7 Å². The first-order valence-corrected chi connectivity index (χ1v) is 8.49. The number of hydrogen-bond acceptors (Lipinski definition) is 4. The number of rotatable bonds is 7. The molecule has 0 bridgehead atoms. The summed E-state index contributed by atoms with van der Waals surface area (Å²) in [5.41, 5.74) is 1.31. The summed E-state index contributed by atoms with van der Waals surface area (Å²) in [7, 11) is 1.56. The van der Waals surface area contributed by atoms with Crippen LogP contribution in [0.5, 0.6) is 0 Å². The number of carbonyl (C=O) groups is 1. The Labute approximate surface area is 153 Å². The van der Waals surface area contributed by atoms with Gasteiger partial charge in [-0.15, -0.1) is 0 Å². The van der Waals surface area contributed by atoms with E-state index in [-0.39, 0.29) is 37.6 Å². The lowest BCUT2D eigenvalue weighted by Gasteiger charge is -2.15. The molecule has 1 aromatic carbocycles. The zero-order chi connectivity index (χ0) is 18.6. The number of aryl methyl sites for hydroxylation is 1. The number of Topliss-reactive ketones (excluding diaryl/α,β-unsaturated/α-hetero) is 1. The Balaban J connectivity index is 2.45. The van der Waals surface area contributed by atoms with Crippen LogP contribution in [0, 0.1) is 12.7 Å². The first-order valence-electron chi connectivity index (χ1n) is 7.70. The molecule has 0 fully saturated rings. The summed E-state index contributed by atoms with van der Waals surface area (Å²) in [6.45, 7) is 1.27. The van der Waals surface area contributed by atoms with E-state index >= 15 is 0 Å². The third-order valence-corrected chi connectivity index (χ3v) is 4.35. The molecule has 0 unspecified atom stereocenters. The highest BCUT2D eigenvalue weighted by Crippen LogP contribution is 2.20. The Morgan fingerprint density at radius 3 is 2.72 bits per heavy atom. The van der Waals surface area contributed by atoms with Gasteiger partial charge in [-0.2, -0.15) is 0 Å². The van der Waals surface area contributed by atoms with Crippen LogP contribution in [0.4, 0.5) is 4.39 Å². The molecule has 0 aliphatic heterocycles. The number of aromatic nitrogens is 1. The normalized spacial score (nSPS) is 10.9. The lowest BCUT2D eigenvalue weighted by molar-refractivity contribution is 0.0662. The maximum Gasteiger partial charge on any atom is 0.253 e. The first kappa shape index (κ1) is 19.5. The van der Waals surface area contributed by atoms with E-state index in [2.05, 4.69) is 15.9 Å². The molecule has 0 atom stereocenters. The second-order valence-corrected chi connectivity index (χ2v) is 6.58. The van der Waals surface area contributed by atoms with Crippen LogP contribution >= 0.6 is 15.9 Å². The van der Waals surface area contributed by atoms with Crippen molar-refractivity contribution in [3.8, 4) is 0 Å². The maximum atomic E-state index is 14.2. The second-order valence-electron chi connectivity index (χ2n) is 5.66. The van der Waals surface area contributed by atoms with Crippen molar-refractivity contribution in [3.63, 3.8) is 0 Å². The predicted octanol–water partition coefficient (Wildman–Crippen LogP) is 2.38. The van der Waals surface area contributed by atoms with Crippen LogP contribution < -0.4 is 5.56 Å². The summed E-state index contributed by atoms with van der Waals surface area (Å²) in [5.74, 6) is -0.739. The number of pyridine rings is 1. The summed E-state index contributed by atoms with van der Waals surface area (Å²) >= 11 is 3.20. The van der Waals surface area contributed by atoms with Gasteiger partial charge in [-0.25, -0.2) is 4.39 Å². The molecule has 5 nitrogen and oxygen atoms in total. The minimum absolute atomic E-state index is 0.0488. The van der Waals surface area contributed by atoms with E-state index in [4.69, 9.17) is 9.84 Å². The number of ketones is 1. The van der Waals surface area contributed by atoms with E-state index in [1.54, 1.807) is 26.1 Å². The molecule has 0 amide bonds. The summed E-state index contributed by atoms with van der Waals surface area (Å²) in [6.07, 6.45) is 0.103. The Bertz CT molecular complexity index is 848. The fourth-order valence-corrected chi connectivity index (χ4v) is 2.87. The molecule has 0 saturated carbocycles. The van der Waals surface area contributed by atoms with Crippen molar-refractivity contribution in [2.75, 3.05) is 19.8 Å². The summed E-state index contributed by atoms with van der Waals surface area (Å²) in [4.78, 5) is 24.7. The van der Waals surface area contributed by atoms with Crippen molar-refractivity contribution in [1.29, 1.82) is 0 Å². The number of halogens is 2.